The van der Waals surface area contributed by atoms with Crippen LogP contribution < -0.4 is 11.2 Å². The highest BCUT2D eigenvalue weighted by Crippen LogP contribution is 2.47. The molecule has 0 radical (unpaired) electrons. The lowest BCUT2D eigenvalue weighted by Gasteiger charge is -2.29. The maximum absolute atomic E-state index is 14.6. The van der Waals surface area contributed by atoms with Gasteiger partial charge in [0.25, 0.3) is 0 Å². The predicted octanol–water partition coefficient (Wildman–Crippen LogP) is 1.84. The first-order valence-corrected chi connectivity index (χ1v) is 7.38. The van der Waals surface area contributed by atoms with E-state index in [0.29, 0.717) is 29.5 Å². The van der Waals surface area contributed by atoms with Crippen molar-refractivity contribution in [3.63, 3.8) is 0 Å². The van der Waals surface area contributed by atoms with E-state index in [2.05, 4.69) is 0 Å². The van der Waals surface area contributed by atoms with E-state index in [1.165, 1.54) is 6.20 Å². The zero-order chi connectivity index (χ0) is 16.5. The summed E-state index contributed by atoms with van der Waals surface area (Å²) in [6.45, 7) is 1.90. The molecule has 4 rings (SSSR count). The van der Waals surface area contributed by atoms with Crippen molar-refractivity contribution in [3.8, 4) is 0 Å². The van der Waals surface area contributed by atoms with Gasteiger partial charge in [-0.25, -0.2) is 9.18 Å². The van der Waals surface area contributed by atoms with E-state index in [9.17, 15) is 19.1 Å². The van der Waals surface area contributed by atoms with Gasteiger partial charge in [-0.3, -0.25) is 4.79 Å². The van der Waals surface area contributed by atoms with E-state index in [1.807, 2.05) is 0 Å². The van der Waals surface area contributed by atoms with E-state index in [4.69, 9.17) is 10.5 Å². The van der Waals surface area contributed by atoms with Crippen LogP contribution in [0.15, 0.2) is 17.1 Å². The molecule has 120 valence electrons. The Labute approximate surface area is 130 Å². The molecule has 1 aromatic carbocycles. The summed E-state index contributed by atoms with van der Waals surface area (Å²) in [6, 6.07) is 1.12. The smallest absolute Gasteiger partial charge is 0.341 e. The monoisotopic (exact) mass is 318 g/mol. The first kappa shape index (κ1) is 14.3. The van der Waals surface area contributed by atoms with Crippen molar-refractivity contribution in [2.45, 2.75) is 38.1 Å². The molecule has 1 aliphatic heterocycles. The summed E-state index contributed by atoms with van der Waals surface area (Å²) in [5.74, 6) is -1.92. The predicted molar refractivity (Wildman–Crippen MR) is 79.7 cm³/mol. The van der Waals surface area contributed by atoms with Gasteiger partial charge in [-0.05, 0) is 25.8 Å². The van der Waals surface area contributed by atoms with Gasteiger partial charge in [-0.15, -0.1) is 0 Å². The van der Waals surface area contributed by atoms with Gasteiger partial charge in [0.2, 0.25) is 5.43 Å². The number of halogens is 1. The van der Waals surface area contributed by atoms with Crippen molar-refractivity contribution < 1.29 is 19.0 Å². The summed E-state index contributed by atoms with van der Waals surface area (Å²) in [5.41, 5.74) is 5.83. The second kappa shape index (κ2) is 4.39. The summed E-state index contributed by atoms with van der Waals surface area (Å²) in [5, 5.41) is 9.27. The number of nitrogens with two attached hydrogens (primary N) is 1. The highest BCUT2D eigenvalue weighted by molar-refractivity contribution is 5.94. The molecule has 0 bridgehead atoms. The standard InChI is InChI=1S/C16H15FN2O4/c1-7-19-5-9(15(21)22)14(20)8-4-11(17)12(16(18)2-3-16)10(6-23-7)13(8)19/h4-5,7H,2-3,6,18H2,1H3,(H,21,22)/t7-/m1/s1. The number of carboxylic acids is 1. The summed E-state index contributed by atoms with van der Waals surface area (Å²) in [6.07, 6.45) is 2.16. The summed E-state index contributed by atoms with van der Waals surface area (Å²) >= 11 is 0. The van der Waals surface area contributed by atoms with Gasteiger partial charge in [0.1, 0.15) is 17.6 Å². The van der Waals surface area contributed by atoms with E-state index in [-0.39, 0.29) is 12.0 Å². The highest BCUT2D eigenvalue weighted by Gasteiger charge is 2.45. The molecule has 1 aliphatic carbocycles. The van der Waals surface area contributed by atoms with Crippen LogP contribution in [0.4, 0.5) is 4.39 Å². The number of rotatable bonds is 2. The number of nitrogens with zero attached hydrogens (tertiary/aromatic N) is 1. The van der Waals surface area contributed by atoms with Crippen LogP contribution in [-0.4, -0.2) is 15.6 Å². The van der Waals surface area contributed by atoms with Gasteiger partial charge in [-0.2, -0.15) is 0 Å². The first-order chi connectivity index (χ1) is 10.8. The molecule has 1 atom stereocenters. The number of ether oxygens (including phenoxy) is 1. The number of carbonyl (C=O) groups is 1. The molecular weight excluding hydrogens is 303 g/mol. The van der Waals surface area contributed by atoms with E-state index in [0.717, 1.165) is 6.07 Å². The van der Waals surface area contributed by atoms with Crippen LogP contribution in [0.2, 0.25) is 0 Å². The average Bonchev–Trinajstić information content (AvgIpc) is 3.22. The molecule has 1 saturated carbocycles. The zero-order valence-corrected chi connectivity index (χ0v) is 12.4. The number of hydrogen-bond donors (Lipinski definition) is 2. The first-order valence-electron chi connectivity index (χ1n) is 7.38. The van der Waals surface area contributed by atoms with Crippen molar-refractivity contribution in [1.29, 1.82) is 0 Å². The van der Waals surface area contributed by atoms with Crippen molar-refractivity contribution >= 4 is 16.9 Å². The molecule has 2 heterocycles. The quantitative estimate of drug-likeness (QED) is 0.881. The minimum Gasteiger partial charge on any atom is -0.477 e. The second-order valence-electron chi connectivity index (χ2n) is 6.26. The van der Waals surface area contributed by atoms with Crippen LogP contribution in [0.25, 0.3) is 10.9 Å². The van der Waals surface area contributed by atoms with Gasteiger partial charge in [-0.1, -0.05) is 0 Å². The lowest BCUT2D eigenvalue weighted by Crippen LogP contribution is -2.29. The van der Waals surface area contributed by atoms with Gasteiger partial charge in [0, 0.05) is 28.2 Å². The molecule has 0 unspecified atom stereocenters. The van der Waals surface area contributed by atoms with Gasteiger partial charge < -0.3 is 20.1 Å². The minimum absolute atomic E-state index is 0.0561. The fourth-order valence-corrected chi connectivity index (χ4v) is 3.35. The average molecular weight is 318 g/mol. The largest absolute Gasteiger partial charge is 0.477 e. The Balaban J connectivity index is 2.19. The molecule has 0 saturated heterocycles. The van der Waals surface area contributed by atoms with Crippen molar-refractivity contribution in [2.75, 3.05) is 0 Å². The van der Waals surface area contributed by atoms with E-state index < -0.39 is 34.5 Å². The van der Waals surface area contributed by atoms with Crippen LogP contribution in [0.1, 0.15) is 47.5 Å². The molecule has 23 heavy (non-hydrogen) atoms. The van der Waals surface area contributed by atoms with Crippen LogP contribution in [-0.2, 0) is 16.9 Å². The fraction of sp³-hybridized carbons (Fsp3) is 0.375. The minimum atomic E-state index is -1.35. The SMILES string of the molecule is C[C@H]1OCc2c(C3(N)CC3)c(F)cc3c(=O)c(C(=O)O)cn1c23. The molecule has 0 amide bonds. The zero-order valence-electron chi connectivity index (χ0n) is 12.4. The molecule has 1 aromatic heterocycles. The highest BCUT2D eigenvalue weighted by atomic mass is 19.1. The number of pyridine rings is 1. The molecule has 3 N–H and O–H groups in total. The lowest BCUT2D eigenvalue weighted by atomic mass is 9.94. The lowest BCUT2D eigenvalue weighted by molar-refractivity contribution is -0.00269. The van der Waals surface area contributed by atoms with Gasteiger partial charge in [0.15, 0.2) is 0 Å². The number of carboxylic acid groups (broad SMARTS) is 1. The van der Waals surface area contributed by atoms with Crippen LogP contribution in [0.5, 0.6) is 0 Å². The van der Waals surface area contributed by atoms with Gasteiger partial charge in [0.05, 0.1) is 12.1 Å². The molecule has 2 aromatic rings. The third-order valence-electron chi connectivity index (χ3n) is 4.75. The molecule has 2 aliphatic rings. The second-order valence-corrected chi connectivity index (χ2v) is 6.26. The summed E-state index contributed by atoms with van der Waals surface area (Å²) in [7, 11) is 0. The number of aromatic nitrogens is 1. The Hall–Kier alpha value is -2.25. The molecule has 1 fully saturated rings. The molecular formula is C16H15FN2O4. The number of benzene rings is 1. The summed E-state index contributed by atoms with van der Waals surface area (Å²) in [4.78, 5) is 23.7. The van der Waals surface area contributed by atoms with Crippen LogP contribution in [0, 0.1) is 5.82 Å². The van der Waals surface area contributed by atoms with Crippen molar-refractivity contribution in [1.82, 2.24) is 4.57 Å². The Bertz CT molecular complexity index is 930. The third-order valence-corrected chi connectivity index (χ3v) is 4.75. The molecule has 7 heteroatoms. The van der Waals surface area contributed by atoms with E-state index in [1.54, 1.807) is 11.5 Å². The van der Waals surface area contributed by atoms with Crippen LogP contribution in [0.3, 0.4) is 0 Å². The van der Waals surface area contributed by atoms with Crippen molar-refractivity contribution in [2.24, 2.45) is 5.73 Å². The van der Waals surface area contributed by atoms with Crippen molar-refractivity contribution in [3.05, 3.63) is 45.0 Å². The molecule has 0 spiro atoms. The van der Waals surface area contributed by atoms with Gasteiger partial charge >= 0.3 is 5.97 Å². The maximum Gasteiger partial charge on any atom is 0.341 e. The Morgan fingerprint density at radius 3 is 2.83 bits per heavy atom. The maximum atomic E-state index is 14.6. The summed E-state index contributed by atoms with van der Waals surface area (Å²) < 4.78 is 21.8. The number of aromatic carboxylic acids is 1. The Morgan fingerprint density at radius 2 is 2.22 bits per heavy atom. The molecule has 6 nitrogen and oxygen atoms in total. The third kappa shape index (κ3) is 1.87. The fourth-order valence-electron chi connectivity index (χ4n) is 3.35. The normalized spacial score (nSPS) is 21.4. The van der Waals surface area contributed by atoms with E-state index >= 15 is 0 Å². The van der Waals surface area contributed by atoms with Crippen LogP contribution >= 0.6 is 0 Å². The Kier molecular flexibility index (Phi) is 2.74. The Morgan fingerprint density at radius 1 is 1.52 bits per heavy atom. The topological polar surface area (TPSA) is 94.6 Å². The number of hydrogen-bond acceptors (Lipinski definition) is 4.